The fraction of sp³-hybridized carbons (Fsp3) is 0.429. The van der Waals surface area contributed by atoms with Gasteiger partial charge in [-0.1, -0.05) is 39.0 Å². The van der Waals surface area contributed by atoms with Crippen molar-refractivity contribution in [3.8, 4) is 0 Å². The number of fused-ring (bicyclic) bond motifs is 1. The van der Waals surface area contributed by atoms with Crippen LogP contribution in [0, 0.1) is 12.3 Å². The van der Waals surface area contributed by atoms with Gasteiger partial charge in [0.25, 0.3) is 0 Å². The summed E-state index contributed by atoms with van der Waals surface area (Å²) in [4.78, 5) is 11.5. The van der Waals surface area contributed by atoms with E-state index in [4.69, 9.17) is 0 Å². The fourth-order valence-corrected chi connectivity index (χ4v) is 2.29. The van der Waals surface area contributed by atoms with Crippen LogP contribution in [0.5, 0.6) is 0 Å². The van der Waals surface area contributed by atoms with Crippen molar-refractivity contribution in [2.75, 3.05) is 0 Å². The molecule has 4 nitrogen and oxygen atoms in total. The van der Waals surface area contributed by atoms with Crippen LogP contribution in [-0.2, 0) is 4.79 Å². The van der Waals surface area contributed by atoms with Crippen molar-refractivity contribution < 1.29 is 9.90 Å². The van der Waals surface area contributed by atoms with Gasteiger partial charge in [-0.05, 0) is 18.4 Å². The Balaban J connectivity index is 2.69. The zero-order valence-electron chi connectivity index (χ0n) is 11.1. The molecule has 0 aliphatic heterocycles. The maximum absolute atomic E-state index is 11.5. The second-order valence-electron chi connectivity index (χ2n) is 5.65. The molecular formula is C14H18N2O2. The van der Waals surface area contributed by atoms with Crippen LogP contribution in [0.15, 0.2) is 24.3 Å². The van der Waals surface area contributed by atoms with Gasteiger partial charge in [-0.15, -0.1) is 0 Å². The zero-order valence-corrected chi connectivity index (χ0v) is 11.1. The molecule has 1 aromatic heterocycles. The lowest BCUT2D eigenvalue weighted by atomic mass is 9.87. The van der Waals surface area contributed by atoms with Gasteiger partial charge in [0.1, 0.15) is 0 Å². The third kappa shape index (κ3) is 1.98. The largest absolute Gasteiger partial charge is 0.480 e. The van der Waals surface area contributed by atoms with E-state index in [0.29, 0.717) is 0 Å². The van der Waals surface area contributed by atoms with E-state index in [-0.39, 0.29) is 0 Å². The van der Waals surface area contributed by atoms with Crippen LogP contribution < -0.4 is 0 Å². The molecule has 0 aliphatic rings. The van der Waals surface area contributed by atoms with Gasteiger partial charge in [0.15, 0.2) is 6.04 Å². The molecule has 4 heteroatoms. The van der Waals surface area contributed by atoms with Crippen molar-refractivity contribution in [1.29, 1.82) is 0 Å². The maximum atomic E-state index is 11.5. The minimum atomic E-state index is -0.851. The van der Waals surface area contributed by atoms with Gasteiger partial charge in [-0.3, -0.25) is 0 Å². The summed E-state index contributed by atoms with van der Waals surface area (Å²) in [5.41, 5.74) is 1.34. The van der Waals surface area contributed by atoms with Gasteiger partial charge in [0.2, 0.25) is 0 Å². The van der Waals surface area contributed by atoms with E-state index in [2.05, 4.69) is 5.10 Å². The van der Waals surface area contributed by atoms with E-state index in [1.807, 2.05) is 52.0 Å². The molecule has 2 rings (SSSR count). The molecule has 1 aromatic carbocycles. The molecule has 0 saturated carbocycles. The number of aromatic nitrogens is 2. The molecule has 96 valence electrons. The fourth-order valence-electron chi connectivity index (χ4n) is 2.29. The highest BCUT2D eigenvalue weighted by atomic mass is 16.4. The lowest BCUT2D eigenvalue weighted by Gasteiger charge is -2.27. The van der Waals surface area contributed by atoms with Gasteiger partial charge < -0.3 is 5.11 Å². The number of hydrogen-bond acceptors (Lipinski definition) is 2. The predicted molar refractivity (Wildman–Crippen MR) is 70.6 cm³/mol. The first-order valence-corrected chi connectivity index (χ1v) is 5.99. The third-order valence-corrected chi connectivity index (χ3v) is 3.10. The highest BCUT2D eigenvalue weighted by Crippen LogP contribution is 2.33. The number of carbonyl (C=O) groups is 1. The van der Waals surface area contributed by atoms with Gasteiger partial charge in [-0.2, -0.15) is 5.10 Å². The van der Waals surface area contributed by atoms with E-state index in [1.54, 1.807) is 4.68 Å². The zero-order chi connectivity index (χ0) is 13.5. The van der Waals surface area contributed by atoms with Crippen LogP contribution in [0.2, 0.25) is 0 Å². The van der Waals surface area contributed by atoms with Gasteiger partial charge >= 0.3 is 5.97 Å². The van der Waals surface area contributed by atoms with Crippen molar-refractivity contribution in [2.45, 2.75) is 33.7 Å². The molecule has 0 bridgehead atoms. The lowest BCUT2D eigenvalue weighted by Crippen LogP contribution is -2.32. The first-order valence-electron chi connectivity index (χ1n) is 5.99. The monoisotopic (exact) mass is 246 g/mol. The molecule has 0 fully saturated rings. The second-order valence-corrected chi connectivity index (χ2v) is 5.65. The first kappa shape index (κ1) is 12.6. The first-order chi connectivity index (χ1) is 8.32. The number of hydrogen-bond donors (Lipinski definition) is 1. The topological polar surface area (TPSA) is 55.1 Å². The molecule has 1 atom stereocenters. The summed E-state index contributed by atoms with van der Waals surface area (Å²) in [5.74, 6) is -0.851. The Bertz CT molecular complexity index is 593. The molecule has 1 N–H and O–H groups in total. The van der Waals surface area contributed by atoms with Crippen LogP contribution in [0.1, 0.15) is 32.5 Å². The van der Waals surface area contributed by atoms with Crippen molar-refractivity contribution in [3.63, 3.8) is 0 Å². The molecule has 0 saturated heterocycles. The summed E-state index contributed by atoms with van der Waals surface area (Å²) >= 11 is 0. The number of aryl methyl sites for hydroxylation is 1. The molecule has 0 spiro atoms. The smallest absolute Gasteiger partial charge is 0.329 e. The minimum Gasteiger partial charge on any atom is -0.480 e. The van der Waals surface area contributed by atoms with E-state index >= 15 is 0 Å². The van der Waals surface area contributed by atoms with Crippen molar-refractivity contribution in [2.24, 2.45) is 5.41 Å². The molecule has 0 radical (unpaired) electrons. The van der Waals surface area contributed by atoms with Crippen LogP contribution >= 0.6 is 0 Å². The van der Waals surface area contributed by atoms with Crippen molar-refractivity contribution >= 4 is 16.9 Å². The van der Waals surface area contributed by atoms with Crippen LogP contribution in [0.25, 0.3) is 10.9 Å². The summed E-state index contributed by atoms with van der Waals surface area (Å²) in [5, 5.41) is 14.9. The van der Waals surface area contributed by atoms with E-state index in [0.717, 1.165) is 16.6 Å². The maximum Gasteiger partial charge on any atom is 0.329 e. The normalized spacial score (nSPS) is 13.8. The number of carboxylic acid groups (broad SMARTS) is 1. The number of rotatable bonds is 2. The molecule has 18 heavy (non-hydrogen) atoms. The number of para-hydroxylation sites is 1. The number of benzene rings is 1. The third-order valence-electron chi connectivity index (χ3n) is 3.10. The molecular weight excluding hydrogens is 228 g/mol. The molecule has 2 aromatic rings. The van der Waals surface area contributed by atoms with Gasteiger partial charge in [0.05, 0.1) is 11.2 Å². The van der Waals surface area contributed by atoms with E-state index in [1.165, 1.54) is 0 Å². The molecule has 0 aliphatic carbocycles. The highest BCUT2D eigenvalue weighted by molar-refractivity contribution is 5.84. The van der Waals surface area contributed by atoms with Gasteiger partial charge in [-0.25, -0.2) is 9.48 Å². The summed E-state index contributed by atoms with van der Waals surface area (Å²) < 4.78 is 1.63. The van der Waals surface area contributed by atoms with Crippen molar-refractivity contribution in [1.82, 2.24) is 9.78 Å². The Kier molecular flexibility index (Phi) is 2.89. The number of nitrogens with zero attached hydrogens (tertiary/aromatic N) is 2. The minimum absolute atomic E-state index is 0.396. The van der Waals surface area contributed by atoms with Crippen LogP contribution in [0.4, 0.5) is 0 Å². The quantitative estimate of drug-likeness (QED) is 0.886. The molecule has 1 heterocycles. The molecule has 1 unspecified atom stereocenters. The van der Waals surface area contributed by atoms with E-state index < -0.39 is 17.4 Å². The second kappa shape index (κ2) is 4.12. The highest BCUT2D eigenvalue weighted by Gasteiger charge is 2.34. The van der Waals surface area contributed by atoms with E-state index in [9.17, 15) is 9.90 Å². The van der Waals surface area contributed by atoms with Crippen molar-refractivity contribution in [3.05, 3.63) is 30.0 Å². The SMILES string of the molecule is Cc1nn(C(C(=O)O)C(C)(C)C)c2ccccc12. The van der Waals surface area contributed by atoms with Gasteiger partial charge in [0, 0.05) is 5.39 Å². The summed E-state index contributed by atoms with van der Waals surface area (Å²) in [6, 6.07) is 7.05. The summed E-state index contributed by atoms with van der Waals surface area (Å²) in [6.45, 7) is 7.65. The number of carboxylic acids is 1. The Morgan fingerprint density at radius 2 is 1.94 bits per heavy atom. The number of aliphatic carboxylic acids is 1. The van der Waals surface area contributed by atoms with Crippen LogP contribution in [0.3, 0.4) is 0 Å². The Labute approximate surface area is 106 Å². The Morgan fingerprint density at radius 3 is 2.50 bits per heavy atom. The molecule has 0 amide bonds. The summed E-state index contributed by atoms with van der Waals surface area (Å²) in [7, 11) is 0. The Morgan fingerprint density at radius 1 is 1.33 bits per heavy atom. The average molecular weight is 246 g/mol. The van der Waals surface area contributed by atoms with Crippen LogP contribution in [-0.4, -0.2) is 20.9 Å². The summed E-state index contributed by atoms with van der Waals surface area (Å²) in [6.07, 6.45) is 0. The average Bonchev–Trinajstić information content (AvgIpc) is 2.55. The predicted octanol–water partition coefficient (Wildman–Crippen LogP) is 3.02. The standard InChI is InChI=1S/C14H18N2O2/c1-9-10-7-5-6-8-11(10)16(15-9)12(13(17)18)14(2,3)4/h5-8,12H,1-4H3,(H,17,18). The Hall–Kier alpha value is -1.84. The lowest BCUT2D eigenvalue weighted by molar-refractivity contribution is -0.144.